The lowest BCUT2D eigenvalue weighted by atomic mass is 10.1. The fourth-order valence-corrected chi connectivity index (χ4v) is 4.05. The van der Waals surface area contributed by atoms with Crippen molar-refractivity contribution in [1.29, 1.82) is 0 Å². The van der Waals surface area contributed by atoms with E-state index < -0.39 is 20.3 Å². The van der Waals surface area contributed by atoms with Gasteiger partial charge in [0.1, 0.15) is 10.9 Å². The Morgan fingerprint density at radius 2 is 1.80 bits per heavy atom. The minimum Gasteiger partial charge on any atom is -0.337 e. The first-order valence-corrected chi connectivity index (χ1v) is 9.90. The fourth-order valence-electron chi connectivity index (χ4n) is 2.80. The molecule has 1 saturated heterocycles. The van der Waals surface area contributed by atoms with Crippen LogP contribution in [-0.4, -0.2) is 57.8 Å². The highest BCUT2D eigenvalue weighted by atomic mass is 32.2. The minimum atomic E-state index is -3.44. The first-order chi connectivity index (χ1) is 11.8. The first kappa shape index (κ1) is 17.6. The van der Waals surface area contributed by atoms with Gasteiger partial charge in [0, 0.05) is 18.7 Å². The van der Waals surface area contributed by atoms with Gasteiger partial charge < -0.3 is 4.90 Å². The van der Waals surface area contributed by atoms with Crippen molar-refractivity contribution in [2.45, 2.75) is 37.3 Å². The molecule has 1 amide bonds. The Morgan fingerprint density at radius 1 is 1.16 bits per heavy atom. The highest BCUT2D eigenvalue weighted by molar-refractivity contribution is 7.93. The zero-order chi connectivity index (χ0) is 18.2. The van der Waals surface area contributed by atoms with Crippen molar-refractivity contribution < 1.29 is 13.2 Å². The van der Waals surface area contributed by atoms with E-state index in [0.29, 0.717) is 13.1 Å². The highest BCUT2D eigenvalue weighted by Gasteiger charge is 2.40. The number of hydrogen-bond donors (Lipinski definition) is 0. The molecule has 1 fully saturated rings. The maximum absolute atomic E-state index is 12.4. The molecule has 7 nitrogen and oxygen atoms in total. The van der Waals surface area contributed by atoms with Crippen molar-refractivity contribution in [1.82, 2.24) is 19.9 Å². The number of sulfone groups is 1. The van der Waals surface area contributed by atoms with E-state index in [1.807, 2.05) is 36.5 Å². The van der Waals surface area contributed by atoms with E-state index in [9.17, 15) is 13.2 Å². The molecule has 2 aromatic rings. The third-order valence-corrected chi connectivity index (χ3v) is 7.13. The molecule has 0 N–H and O–H groups in total. The van der Waals surface area contributed by atoms with Crippen LogP contribution in [0.15, 0.2) is 36.5 Å². The van der Waals surface area contributed by atoms with Crippen LogP contribution in [0.3, 0.4) is 0 Å². The number of amides is 1. The molecule has 0 unspecified atom stereocenters. The number of carbonyl (C=O) groups is 1. The van der Waals surface area contributed by atoms with E-state index >= 15 is 0 Å². The Balaban J connectivity index is 1.63. The van der Waals surface area contributed by atoms with Gasteiger partial charge in [-0.25, -0.2) is 13.1 Å². The molecule has 8 heteroatoms. The number of hydrogen-bond acceptors (Lipinski definition) is 5. The highest BCUT2D eigenvalue weighted by Crippen LogP contribution is 2.25. The average Bonchev–Trinajstić information content (AvgIpc) is 3.02. The Kier molecular flexibility index (Phi) is 4.64. The molecule has 1 aromatic carbocycles. The molecular formula is C17H22N4O3S. The summed E-state index contributed by atoms with van der Waals surface area (Å²) < 4.78 is 26.0. The number of nitrogens with zero attached hydrogens (tertiary/aromatic N) is 4. The van der Waals surface area contributed by atoms with Gasteiger partial charge in [-0.3, -0.25) is 4.79 Å². The fraction of sp³-hybridized carbons (Fsp3) is 0.471. The SMILES string of the molecule is CC(C)S(=O)(=O)[C@@H](C)C(=O)N1CC(n2cc(-c3ccccc3)nn2)C1. The second-order valence-corrected chi connectivity index (χ2v) is 9.45. The van der Waals surface area contributed by atoms with Gasteiger partial charge in [-0.1, -0.05) is 35.5 Å². The summed E-state index contributed by atoms with van der Waals surface area (Å²) in [4.78, 5) is 14.0. The van der Waals surface area contributed by atoms with Crippen LogP contribution in [-0.2, 0) is 14.6 Å². The van der Waals surface area contributed by atoms with Gasteiger partial charge in [0.15, 0.2) is 9.84 Å². The van der Waals surface area contributed by atoms with E-state index in [-0.39, 0.29) is 11.9 Å². The Bertz CT molecular complexity index is 855. The zero-order valence-electron chi connectivity index (χ0n) is 14.5. The van der Waals surface area contributed by atoms with Crippen LogP contribution >= 0.6 is 0 Å². The van der Waals surface area contributed by atoms with Crippen LogP contribution in [0.4, 0.5) is 0 Å². The largest absolute Gasteiger partial charge is 0.337 e. The third kappa shape index (κ3) is 3.30. The summed E-state index contributed by atoms with van der Waals surface area (Å²) in [7, 11) is -3.44. The Morgan fingerprint density at radius 3 is 2.40 bits per heavy atom. The van der Waals surface area contributed by atoms with Crippen molar-refractivity contribution in [2.24, 2.45) is 0 Å². The molecule has 0 aliphatic carbocycles. The maximum Gasteiger partial charge on any atom is 0.240 e. The molecule has 2 heterocycles. The molecule has 0 saturated carbocycles. The van der Waals surface area contributed by atoms with E-state index in [1.165, 1.54) is 6.92 Å². The second-order valence-electron chi connectivity index (χ2n) is 6.63. The minimum absolute atomic E-state index is 0.0304. The number of rotatable bonds is 5. The standard InChI is InChI=1S/C17H22N4O3S/c1-12(2)25(23,24)13(3)17(22)20-9-15(10-20)21-11-16(18-19-21)14-7-5-4-6-8-14/h4-8,11-13,15H,9-10H2,1-3H3/t13-/m0/s1. The summed E-state index contributed by atoms with van der Waals surface area (Å²) in [5.41, 5.74) is 1.76. The van der Waals surface area contributed by atoms with Gasteiger partial charge in [0.2, 0.25) is 5.91 Å². The lowest BCUT2D eigenvalue weighted by molar-refractivity contribution is -0.136. The van der Waals surface area contributed by atoms with Gasteiger partial charge in [-0.15, -0.1) is 5.10 Å². The summed E-state index contributed by atoms with van der Waals surface area (Å²) in [6, 6.07) is 9.77. The van der Waals surface area contributed by atoms with Gasteiger partial charge >= 0.3 is 0 Å². The molecular weight excluding hydrogens is 340 g/mol. The summed E-state index contributed by atoms with van der Waals surface area (Å²) in [5.74, 6) is -0.339. The lowest BCUT2D eigenvalue weighted by Gasteiger charge is -2.40. The monoisotopic (exact) mass is 362 g/mol. The molecule has 1 aromatic heterocycles. The summed E-state index contributed by atoms with van der Waals surface area (Å²) in [6.45, 7) is 5.56. The van der Waals surface area contributed by atoms with Gasteiger partial charge in [0.05, 0.1) is 17.5 Å². The first-order valence-electron chi connectivity index (χ1n) is 8.29. The van der Waals surface area contributed by atoms with Crippen molar-refractivity contribution in [3.05, 3.63) is 36.5 Å². The normalized spacial score (nSPS) is 16.7. The topological polar surface area (TPSA) is 85.2 Å². The van der Waals surface area contributed by atoms with Gasteiger partial charge in [-0.05, 0) is 20.8 Å². The van der Waals surface area contributed by atoms with Crippen LogP contribution < -0.4 is 0 Å². The molecule has 25 heavy (non-hydrogen) atoms. The predicted molar refractivity (Wildman–Crippen MR) is 94.6 cm³/mol. The third-order valence-electron chi connectivity index (χ3n) is 4.63. The van der Waals surface area contributed by atoms with Crippen molar-refractivity contribution in [2.75, 3.05) is 13.1 Å². The Hall–Kier alpha value is -2.22. The number of likely N-dealkylation sites (tertiary alicyclic amines) is 1. The van der Waals surface area contributed by atoms with Gasteiger partial charge in [-0.2, -0.15) is 0 Å². The zero-order valence-corrected chi connectivity index (χ0v) is 15.3. The van der Waals surface area contributed by atoms with Gasteiger partial charge in [0.25, 0.3) is 0 Å². The molecule has 134 valence electrons. The van der Waals surface area contributed by atoms with E-state index in [1.54, 1.807) is 23.4 Å². The van der Waals surface area contributed by atoms with Crippen LogP contribution in [0.25, 0.3) is 11.3 Å². The number of aromatic nitrogens is 3. The van der Waals surface area contributed by atoms with E-state index in [2.05, 4.69) is 10.3 Å². The molecule has 1 atom stereocenters. The summed E-state index contributed by atoms with van der Waals surface area (Å²) >= 11 is 0. The molecule has 1 aliphatic rings. The smallest absolute Gasteiger partial charge is 0.240 e. The van der Waals surface area contributed by atoms with Crippen LogP contribution in [0.1, 0.15) is 26.8 Å². The van der Waals surface area contributed by atoms with Crippen molar-refractivity contribution in [3.8, 4) is 11.3 Å². The molecule has 1 aliphatic heterocycles. The molecule has 0 bridgehead atoms. The maximum atomic E-state index is 12.4. The number of benzene rings is 1. The molecule has 0 radical (unpaired) electrons. The van der Waals surface area contributed by atoms with Crippen LogP contribution in [0.5, 0.6) is 0 Å². The average molecular weight is 362 g/mol. The van der Waals surface area contributed by atoms with E-state index in [4.69, 9.17) is 0 Å². The second kappa shape index (κ2) is 6.59. The van der Waals surface area contributed by atoms with Crippen LogP contribution in [0, 0.1) is 0 Å². The number of carbonyl (C=O) groups excluding carboxylic acids is 1. The summed E-state index contributed by atoms with van der Waals surface area (Å²) in [6.07, 6.45) is 1.86. The molecule has 0 spiro atoms. The lowest BCUT2D eigenvalue weighted by Crippen LogP contribution is -2.55. The predicted octanol–water partition coefficient (Wildman–Crippen LogP) is 1.54. The van der Waals surface area contributed by atoms with Crippen molar-refractivity contribution >= 4 is 15.7 Å². The quantitative estimate of drug-likeness (QED) is 0.805. The summed E-state index contributed by atoms with van der Waals surface area (Å²) in [5, 5.41) is 6.74. The van der Waals surface area contributed by atoms with Crippen LogP contribution in [0.2, 0.25) is 0 Å². The van der Waals surface area contributed by atoms with E-state index in [0.717, 1.165) is 11.3 Å². The Labute approximate surface area is 147 Å². The van der Waals surface area contributed by atoms with Crippen molar-refractivity contribution in [3.63, 3.8) is 0 Å². The molecule has 3 rings (SSSR count).